The Kier molecular flexibility index (Phi) is 6.69. The average molecular weight is 465 g/mol. The van der Waals surface area contributed by atoms with Crippen molar-refractivity contribution >= 4 is 27.5 Å². The standard InChI is InChI=1S/C22H25ClN2O5S/c23-19-13-18(14-20-22(19)30-12-4-11-29-20)15-21(26)24-7-9-25(10-8-24)31(27,28)16-17-5-2-1-3-6-17/h1-3,5-6,13-14H,4,7-12,15-16H2. The van der Waals surface area contributed by atoms with Crippen molar-refractivity contribution in [2.75, 3.05) is 39.4 Å². The summed E-state index contributed by atoms with van der Waals surface area (Å²) in [5.74, 6) is 0.986. The molecule has 31 heavy (non-hydrogen) atoms. The lowest BCUT2D eigenvalue weighted by Crippen LogP contribution is -2.51. The summed E-state index contributed by atoms with van der Waals surface area (Å²) >= 11 is 6.32. The summed E-state index contributed by atoms with van der Waals surface area (Å²) in [5, 5.41) is 0.430. The minimum absolute atomic E-state index is 0.0303. The van der Waals surface area contributed by atoms with Gasteiger partial charge in [0.15, 0.2) is 11.5 Å². The number of carbonyl (C=O) groups excluding carboxylic acids is 1. The van der Waals surface area contributed by atoms with Crippen molar-refractivity contribution in [2.24, 2.45) is 0 Å². The van der Waals surface area contributed by atoms with E-state index >= 15 is 0 Å². The molecule has 0 radical (unpaired) electrons. The van der Waals surface area contributed by atoms with Crippen LogP contribution < -0.4 is 9.47 Å². The lowest BCUT2D eigenvalue weighted by molar-refractivity contribution is -0.131. The molecule has 0 aliphatic carbocycles. The van der Waals surface area contributed by atoms with E-state index < -0.39 is 10.0 Å². The van der Waals surface area contributed by atoms with E-state index in [1.54, 1.807) is 29.2 Å². The molecule has 2 aromatic carbocycles. The predicted molar refractivity (Wildman–Crippen MR) is 118 cm³/mol. The quantitative estimate of drug-likeness (QED) is 0.680. The van der Waals surface area contributed by atoms with Crippen molar-refractivity contribution < 1.29 is 22.7 Å². The molecule has 2 aliphatic heterocycles. The molecule has 166 valence electrons. The second-order valence-corrected chi connectivity index (χ2v) is 10.0. The fraction of sp³-hybridized carbons (Fsp3) is 0.409. The molecule has 0 saturated carbocycles. The molecule has 2 aromatic rings. The second-order valence-electron chi connectivity index (χ2n) is 7.65. The van der Waals surface area contributed by atoms with E-state index in [2.05, 4.69) is 0 Å². The first-order valence-electron chi connectivity index (χ1n) is 10.3. The van der Waals surface area contributed by atoms with Gasteiger partial charge in [-0.15, -0.1) is 0 Å². The first kappa shape index (κ1) is 21.9. The average Bonchev–Trinajstić information content (AvgIpc) is 3.00. The molecule has 4 rings (SSSR count). The predicted octanol–water partition coefficient (Wildman–Crippen LogP) is 2.72. The fourth-order valence-corrected chi connectivity index (χ4v) is 5.57. The molecule has 1 saturated heterocycles. The van der Waals surface area contributed by atoms with Crippen LogP contribution in [-0.4, -0.2) is 62.9 Å². The maximum absolute atomic E-state index is 12.8. The molecule has 1 fully saturated rings. The Hall–Kier alpha value is -2.29. The normalized spacial score (nSPS) is 17.3. The van der Waals surface area contributed by atoms with Crippen molar-refractivity contribution in [1.29, 1.82) is 0 Å². The first-order valence-corrected chi connectivity index (χ1v) is 12.3. The van der Waals surface area contributed by atoms with Gasteiger partial charge >= 0.3 is 0 Å². The molecule has 0 N–H and O–H groups in total. The summed E-state index contributed by atoms with van der Waals surface area (Å²) in [5.41, 5.74) is 1.51. The third-order valence-electron chi connectivity index (χ3n) is 5.39. The summed E-state index contributed by atoms with van der Waals surface area (Å²) in [4.78, 5) is 14.5. The van der Waals surface area contributed by atoms with Crippen LogP contribution in [0.1, 0.15) is 17.5 Å². The lowest BCUT2D eigenvalue weighted by Gasteiger charge is -2.34. The highest BCUT2D eigenvalue weighted by molar-refractivity contribution is 7.88. The van der Waals surface area contributed by atoms with Gasteiger partial charge in [0.1, 0.15) is 0 Å². The second kappa shape index (κ2) is 9.46. The van der Waals surface area contributed by atoms with Crippen LogP contribution in [0.3, 0.4) is 0 Å². The zero-order chi connectivity index (χ0) is 21.8. The maximum Gasteiger partial charge on any atom is 0.227 e. The van der Waals surface area contributed by atoms with Crippen LogP contribution >= 0.6 is 11.6 Å². The maximum atomic E-state index is 12.8. The number of nitrogens with zero attached hydrogens (tertiary/aromatic N) is 2. The third-order valence-corrected chi connectivity index (χ3v) is 7.52. The van der Waals surface area contributed by atoms with Crippen LogP contribution in [0.15, 0.2) is 42.5 Å². The van der Waals surface area contributed by atoms with Crippen molar-refractivity contribution in [3.63, 3.8) is 0 Å². The van der Waals surface area contributed by atoms with Gasteiger partial charge in [0.05, 0.1) is 30.4 Å². The molecule has 9 heteroatoms. The topological polar surface area (TPSA) is 76.2 Å². The van der Waals surface area contributed by atoms with E-state index in [4.69, 9.17) is 21.1 Å². The van der Waals surface area contributed by atoms with E-state index in [0.29, 0.717) is 55.9 Å². The van der Waals surface area contributed by atoms with Crippen LogP contribution in [0.25, 0.3) is 0 Å². The molecular formula is C22H25ClN2O5S. The number of rotatable bonds is 5. The number of hydrogen-bond acceptors (Lipinski definition) is 5. The molecule has 0 bridgehead atoms. The Labute approximate surface area is 187 Å². The number of carbonyl (C=O) groups is 1. The molecule has 2 aliphatic rings. The van der Waals surface area contributed by atoms with Gasteiger partial charge < -0.3 is 14.4 Å². The van der Waals surface area contributed by atoms with E-state index in [1.807, 2.05) is 18.2 Å². The first-order chi connectivity index (χ1) is 14.9. The van der Waals surface area contributed by atoms with Crippen LogP contribution in [-0.2, 0) is 27.0 Å². The minimum atomic E-state index is -3.42. The van der Waals surface area contributed by atoms with Gasteiger partial charge in [-0.05, 0) is 23.3 Å². The van der Waals surface area contributed by atoms with Crippen LogP contribution in [0, 0.1) is 0 Å². The third kappa shape index (κ3) is 5.31. The number of sulfonamides is 1. The van der Waals surface area contributed by atoms with Crippen LogP contribution in [0.5, 0.6) is 11.5 Å². The minimum Gasteiger partial charge on any atom is -0.489 e. The highest BCUT2D eigenvalue weighted by atomic mass is 35.5. The summed E-state index contributed by atoms with van der Waals surface area (Å²) in [6, 6.07) is 12.6. The monoisotopic (exact) mass is 464 g/mol. The highest BCUT2D eigenvalue weighted by Crippen LogP contribution is 2.38. The van der Waals surface area contributed by atoms with Crippen molar-refractivity contribution in [3.05, 3.63) is 58.6 Å². The van der Waals surface area contributed by atoms with Gasteiger partial charge in [-0.1, -0.05) is 41.9 Å². The van der Waals surface area contributed by atoms with E-state index in [1.165, 1.54) is 4.31 Å². The van der Waals surface area contributed by atoms with Gasteiger partial charge in [0, 0.05) is 32.6 Å². The number of benzene rings is 2. The van der Waals surface area contributed by atoms with E-state index in [9.17, 15) is 13.2 Å². The summed E-state index contributed by atoms with van der Waals surface area (Å²) in [6.07, 6.45) is 0.948. The number of ether oxygens (including phenoxy) is 2. The molecule has 0 unspecified atom stereocenters. The molecule has 0 aromatic heterocycles. The highest BCUT2D eigenvalue weighted by Gasteiger charge is 2.29. The Balaban J connectivity index is 1.35. The number of halogens is 1. The van der Waals surface area contributed by atoms with Crippen molar-refractivity contribution in [3.8, 4) is 11.5 Å². The van der Waals surface area contributed by atoms with Crippen molar-refractivity contribution in [1.82, 2.24) is 9.21 Å². The number of amides is 1. The summed E-state index contributed by atoms with van der Waals surface area (Å²) in [7, 11) is -3.42. The Morgan fingerprint density at radius 2 is 1.68 bits per heavy atom. The molecular weight excluding hydrogens is 440 g/mol. The van der Waals surface area contributed by atoms with Gasteiger partial charge in [-0.2, -0.15) is 4.31 Å². The Morgan fingerprint density at radius 1 is 0.968 bits per heavy atom. The van der Waals surface area contributed by atoms with Crippen LogP contribution in [0.4, 0.5) is 0 Å². The fourth-order valence-electron chi connectivity index (χ4n) is 3.76. The molecule has 0 spiro atoms. The van der Waals surface area contributed by atoms with Gasteiger partial charge in [0.25, 0.3) is 0 Å². The smallest absolute Gasteiger partial charge is 0.227 e. The molecule has 2 heterocycles. The number of fused-ring (bicyclic) bond motifs is 1. The van der Waals surface area contributed by atoms with Crippen molar-refractivity contribution in [2.45, 2.75) is 18.6 Å². The molecule has 7 nitrogen and oxygen atoms in total. The zero-order valence-electron chi connectivity index (χ0n) is 17.1. The largest absolute Gasteiger partial charge is 0.489 e. The number of piperazine rings is 1. The molecule has 0 atom stereocenters. The van der Waals surface area contributed by atoms with Gasteiger partial charge in [-0.3, -0.25) is 4.79 Å². The Bertz CT molecular complexity index is 1040. The van der Waals surface area contributed by atoms with Crippen LogP contribution in [0.2, 0.25) is 5.02 Å². The lowest BCUT2D eigenvalue weighted by atomic mass is 10.1. The van der Waals surface area contributed by atoms with Gasteiger partial charge in [0.2, 0.25) is 15.9 Å². The Morgan fingerprint density at radius 3 is 2.42 bits per heavy atom. The van der Waals surface area contributed by atoms with Gasteiger partial charge in [-0.25, -0.2) is 8.42 Å². The zero-order valence-corrected chi connectivity index (χ0v) is 18.7. The van der Waals surface area contributed by atoms with E-state index in [-0.39, 0.29) is 18.1 Å². The SMILES string of the molecule is O=C(Cc1cc(Cl)c2c(c1)OCCCO2)N1CCN(S(=O)(=O)Cc2ccccc2)CC1. The summed E-state index contributed by atoms with van der Waals surface area (Å²) < 4.78 is 38.2. The van der Waals surface area contributed by atoms with E-state index in [0.717, 1.165) is 17.5 Å². The number of hydrogen-bond donors (Lipinski definition) is 0. The summed E-state index contributed by atoms with van der Waals surface area (Å²) in [6.45, 7) is 2.41. The molecule has 1 amide bonds.